The number of carbonyl (C=O) groups is 1. The van der Waals surface area contributed by atoms with E-state index in [1.807, 2.05) is 19.1 Å². The lowest BCUT2D eigenvalue weighted by atomic mass is 10.2. The summed E-state index contributed by atoms with van der Waals surface area (Å²) in [6.45, 7) is 2.17. The van der Waals surface area contributed by atoms with Gasteiger partial charge in [-0.1, -0.05) is 47.6 Å². The van der Waals surface area contributed by atoms with Crippen LogP contribution in [0.4, 0.5) is 4.39 Å². The SMILES string of the molecule is CC1SC(=NN=Cc2ccc(Cl)cc2)N(Cc2ccc(F)cc2)C1=O. The summed E-state index contributed by atoms with van der Waals surface area (Å²) in [6.07, 6.45) is 1.60. The molecule has 1 fully saturated rings. The first-order chi connectivity index (χ1) is 12.0. The third-order valence-electron chi connectivity index (χ3n) is 3.60. The Labute approximate surface area is 154 Å². The number of amidine groups is 1. The highest BCUT2D eigenvalue weighted by Gasteiger charge is 2.35. The highest BCUT2D eigenvalue weighted by molar-refractivity contribution is 8.15. The summed E-state index contributed by atoms with van der Waals surface area (Å²) in [5.41, 5.74) is 1.69. The third-order valence-corrected chi connectivity index (χ3v) is 4.92. The van der Waals surface area contributed by atoms with Gasteiger partial charge >= 0.3 is 0 Å². The molecular weight excluding hydrogens is 361 g/mol. The van der Waals surface area contributed by atoms with Crippen LogP contribution in [0.3, 0.4) is 0 Å². The molecule has 0 spiro atoms. The monoisotopic (exact) mass is 375 g/mol. The maximum absolute atomic E-state index is 13.0. The lowest BCUT2D eigenvalue weighted by Gasteiger charge is -2.15. The largest absolute Gasteiger partial charge is 0.284 e. The van der Waals surface area contributed by atoms with Crippen LogP contribution in [-0.2, 0) is 11.3 Å². The van der Waals surface area contributed by atoms with E-state index in [-0.39, 0.29) is 17.0 Å². The number of rotatable bonds is 4. The number of hydrogen-bond acceptors (Lipinski definition) is 4. The van der Waals surface area contributed by atoms with Crippen LogP contribution in [-0.4, -0.2) is 27.4 Å². The predicted octanol–water partition coefficient (Wildman–Crippen LogP) is 4.33. The molecule has 2 aromatic rings. The number of nitrogens with zero attached hydrogens (tertiary/aromatic N) is 3. The van der Waals surface area contributed by atoms with Crippen molar-refractivity contribution in [3.63, 3.8) is 0 Å². The maximum atomic E-state index is 13.0. The van der Waals surface area contributed by atoms with Crippen molar-refractivity contribution in [3.05, 3.63) is 70.5 Å². The third kappa shape index (κ3) is 4.46. The van der Waals surface area contributed by atoms with E-state index in [0.29, 0.717) is 16.7 Å². The summed E-state index contributed by atoms with van der Waals surface area (Å²) >= 11 is 7.20. The van der Waals surface area contributed by atoms with Gasteiger partial charge in [0.05, 0.1) is 18.0 Å². The van der Waals surface area contributed by atoms with Crippen molar-refractivity contribution < 1.29 is 9.18 Å². The molecule has 25 heavy (non-hydrogen) atoms. The molecular formula is C18H15ClFN3OS. The van der Waals surface area contributed by atoms with Crippen molar-refractivity contribution >= 4 is 40.7 Å². The molecule has 3 rings (SSSR count). The summed E-state index contributed by atoms with van der Waals surface area (Å²) in [4.78, 5) is 13.9. The van der Waals surface area contributed by atoms with Gasteiger partial charge in [0.25, 0.3) is 0 Å². The van der Waals surface area contributed by atoms with Crippen molar-refractivity contribution in [1.82, 2.24) is 4.90 Å². The Balaban J connectivity index is 1.76. The Kier molecular flexibility index (Phi) is 5.50. The molecule has 7 heteroatoms. The van der Waals surface area contributed by atoms with Gasteiger partial charge < -0.3 is 0 Å². The number of thioether (sulfide) groups is 1. The van der Waals surface area contributed by atoms with E-state index in [4.69, 9.17) is 11.6 Å². The number of amides is 1. The standard InChI is InChI=1S/C18H15ClFN3OS/c1-12-17(24)23(11-14-4-8-16(20)9-5-14)18(25-12)22-21-10-13-2-6-15(19)7-3-13/h2-10,12H,11H2,1H3. The van der Waals surface area contributed by atoms with Crippen LogP contribution in [0.15, 0.2) is 58.7 Å². The second-order valence-electron chi connectivity index (χ2n) is 5.49. The molecule has 1 unspecified atom stereocenters. The van der Waals surface area contributed by atoms with Gasteiger partial charge in [-0.25, -0.2) is 4.39 Å². The summed E-state index contributed by atoms with van der Waals surface area (Å²) in [5, 5.41) is 9.23. The van der Waals surface area contributed by atoms with Crippen molar-refractivity contribution in [1.29, 1.82) is 0 Å². The Bertz CT molecular complexity index is 821. The zero-order valence-corrected chi connectivity index (χ0v) is 15.0. The molecule has 1 amide bonds. The predicted molar refractivity (Wildman–Crippen MR) is 100 cm³/mol. The fourth-order valence-electron chi connectivity index (χ4n) is 2.28. The average Bonchev–Trinajstić information content (AvgIpc) is 2.86. The number of hydrogen-bond donors (Lipinski definition) is 0. The maximum Gasteiger partial charge on any atom is 0.242 e. The molecule has 1 aliphatic heterocycles. The van der Waals surface area contributed by atoms with Gasteiger partial charge in [-0.15, -0.1) is 5.10 Å². The van der Waals surface area contributed by atoms with Gasteiger partial charge in [0.2, 0.25) is 5.91 Å². The van der Waals surface area contributed by atoms with E-state index in [0.717, 1.165) is 11.1 Å². The minimum Gasteiger partial charge on any atom is -0.284 e. The molecule has 4 nitrogen and oxygen atoms in total. The normalized spacial score (nSPS) is 19.3. The summed E-state index contributed by atoms with van der Waals surface area (Å²) in [7, 11) is 0. The Morgan fingerprint density at radius 3 is 2.56 bits per heavy atom. The topological polar surface area (TPSA) is 45.0 Å². The first-order valence-electron chi connectivity index (χ1n) is 7.62. The Morgan fingerprint density at radius 1 is 1.20 bits per heavy atom. The molecule has 128 valence electrons. The second kappa shape index (κ2) is 7.80. The van der Waals surface area contributed by atoms with Crippen LogP contribution in [0.2, 0.25) is 5.02 Å². The minimum absolute atomic E-state index is 0.0326. The first kappa shape index (κ1) is 17.6. The fourth-order valence-corrected chi connectivity index (χ4v) is 3.32. The van der Waals surface area contributed by atoms with Crippen LogP contribution in [0.5, 0.6) is 0 Å². The van der Waals surface area contributed by atoms with Crippen LogP contribution in [0.1, 0.15) is 18.1 Å². The fraction of sp³-hybridized carbons (Fsp3) is 0.167. The zero-order valence-electron chi connectivity index (χ0n) is 13.4. The number of halogens is 2. The van der Waals surface area contributed by atoms with Crippen LogP contribution in [0.25, 0.3) is 0 Å². The smallest absolute Gasteiger partial charge is 0.242 e. The van der Waals surface area contributed by atoms with Crippen molar-refractivity contribution in [2.45, 2.75) is 18.7 Å². The molecule has 0 radical (unpaired) electrons. The van der Waals surface area contributed by atoms with E-state index in [2.05, 4.69) is 10.2 Å². The van der Waals surface area contributed by atoms with E-state index in [1.54, 1.807) is 35.4 Å². The first-order valence-corrected chi connectivity index (χ1v) is 8.88. The quantitative estimate of drug-likeness (QED) is 0.589. The van der Waals surface area contributed by atoms with Crippen molar-refractivity contribution in [2.24, 2.45) is 10.2 Å². The lowest BCUT2D eigenvalue weighted by Crippen LogP contribution is -2.30. The van der Waals surface area contributed by atoms with E-state index >= 15 is 0 Å². The molecule has 0 N–H and O–H groups in total. The summed E-state index contributed by atoms with van der Waals surface area (Å²) < 4.78 is 13.0. The van der Waals surface area contributed by atoms with Crippen molar-refractivity contribution in [3.8, 4) is 0 Å². The lowest BCUT2D eigenvalue weighted by molar-refractivity contribution is -0.126. The average molecular weight is 376 g/mol. The van der Waals surface area contributed by atoms with E-state index in [1.165, 1.54) is 23.9 Å². The Morgan fingerprint density at radius 2 is 1.88 bits per heavy atom. The molecule has 0 saturated carbocycles. The van der Waals surface area contributed by atoms with Gasteiger partial charge in [0.15, 0.2) is 5.17 Å². The van der Waals surface area contributed by atoms with Gasteiger partial charge in [-0.2, -0.15) is 5.10 Å². The number of benzene rings is 2. The molecule has 0 bridgehead atoms. The molecule has 1 heterocycles. The number of carbonyl (C=O) groups excluding carboxylic acids is 1. The van der Waals surface area contributed by atoms with Gasteiger partial charge in [-0.3, -0.25) is 9.69 Å². The minimum atomic E-state index is -0.305. The summed E-state index contributed by atoms with van der Waals surface area (Å²) in [6, 6.07) is 13.3. The molecule has 2 aromatic carbocycles. The zero-order chi connectivity index (χ0) is 17.8. The van der Waals surface area contributed by atoms with Crippen LogP contribution in [0, 0.1) is 5.82 Å². The van der Waals surface area contributed by atoms with Crippen LogP contribution >= 0.6 is 23.4 Å². The Hall–Kier alpha value is -2.18. The van der Waals surface area contributed by atoms with E-state index < -0.39 is 0 Å². The summed E-state index contributed by atoms with van der Waals surface area (Å²) in [5.74, 6) is -0.338. The van der Waals surface area contributed by atoms with Gasteiger partial charge in [0.1, 0.15) is 5.82 Å². The van der Waals surface area contributed by atoms with Crippen LogP contribution < -0.4 is 0 Å². The molecule has 1 aliphatic rings. The highest BCUT2D eigenvalue weighted by Crippen LogP contribution is 2.28. The highest BCUT2D eigenvalue weighted by atomic mass is 35.5. The molecule has 0 aliphatic carbocycles. The van der Waals surface area contributed by atoms with E-state index in [9.17, 15) is 9.18 Å². The van der Waals surface area contributed by atoms with Gasteiger partial charge in [-0.05, 0) is 42.3 Å². The molecule has 1 saturated heterocycles. The molecule has 0 aromatic heterocycles. The van der Waals surface area contributed by atoms with Gasteiger partial charge in [0, 0.05) is 5.02 Å². The molecule has 1 atom stereocenters. The second-order valence-corrected chi connectivity index (χ2v) is 7.23. The van der Waals surface area contributed by atoms with Crippen molar-refractivity contribution in [2.75, 3.05) is 0 Å².